The van der Waals surface area contributed by atoms with Gasteiger partial charge in [0.05, 0.1) is 29.8 Å². The summed E-state index contributed by atoms with van der Waals surface area (Å²) in [5.41, 5.74) is 2.41. The molecule has 0 unspecified atom stereocenters. The number of rotatable bonds is 6. The van der Waals surface area contributed by atoms with E-state index in [4.69, 9.17) is 4.74 Å². The fraction of sp³-hybridized carbons (Fsp3) is 0.222. The number of nitrogens with one attached hydrogen (secondary N) is 2. The Hall–Kier alpha value is -4.01. The van der Waals surface area contributed by atoms with Gasteiger partial charge in [0.1, 0.15) is 0 Å². The van der Waals surface area contributed by atoms with Crippen LogP contribution >= 0.6 is 0 Å². The lowest BCUT2D eigenvalue weighted by Gasteiger charge is -2.26. The molecule has 4 aromatic rings. The number of benzene rings is 3. The Morgan fingerprint density at radius 3 is 2.37 bits per heavy atom. The van der Waals surface area contributed by atoms with Gasteiger partial charge in [-0.05, 0) is 41.5 Å². The molecule has 0 radical (unpaired) electrons. The van der Waals surface area contributed by atoms with Crippen molar-refractivity contribution in [2.75, 3.05) is 26.3 Å². The van der Waals surface area contributed by atoms with Crippen molar-refractivity contribution in [2.24, 2.45) is 0 Å². The first-order valence-electron chi connectivity index (χ1n) is 11.6. The summed E-state index contributed by atoms with van der Waals surface area (Å²) in [5, 5.41) is 3.24. The fourth-order valence-corrected chi connectivity index (χ4v) is 4.24. The Morgan fingerprint density at radius 1 is 0.914 bits per heavy atom. The maximum Gasteiger partial charge on any atom is 0.333 e. The first-order chi connectivity index (χ1) is 17.1. The number of carbonyl (C=O) groups excluding carboxylic acids is 1. The number of hydrogen-bond acceptors (Lipinski definition) is 5. The number of amides is 1. The molecule has 1 aliphatic rings. The molecule has 0 bridgehead atoms. The highest BCUT2D eigenvalue weighted by Crippen LogP contribution is 2.12. The van der Waals surface area contributed by atoms with E-state index in [1.165, 1.54) is 11.6 Å². The van der Waals surface area contributed by atoms with Gasteiger partial charge < -0.3 is 15.0 Å². The third-order valence-corrected chi connectivity index (χ3v) is 6.16. The minimum Gasteiger partial charge on any atom is -0.379 e. The summed E-state index contributed by atoms with van der Waals surface area (Å²) in [6.07, 6.45) is 0. The summed E-state index contributed by atoms with van der Waals surface area (Å²) >= 11 is 0. The van der Waals surface area contributed by atoms with Gasteiger partial charge in [-0.2, -0.15) is 0 Å². The van der Waals surface area contributed by atoms with Gasteiger partial charge in [0.2, 0.25) is 0 Å². The molecule has 0 spiro atoms. The lowest BCUT2D eigenvalue weighted by atomic mass is 10.1. The van der Waals surface area contributed by atoms with Crippen LogP contribution in [0, 0.1) is 0 Å². The Kier molecular flexibility index (Phi) is 6.56. The van der Waals surface area contributed by atoms with E-state index in [9.17, 15) is 14.4 Å². The average Bonchev–Trinajstić information content (AvgIpc) is 2.89. The van der Waals surface area contributed by atoms with Crippen LogP contribution in [0.25, 0.3) is 16.6 Å². The number of fused-ring (bicyclic) bond motifs is 1. The molecule has 0 saturated carbocycles. The highest BCUT2D eigenvalue weighted by atomic mass is 16.5. The first kappa shape index (κ1) is 22.8. The van der Waals surface area contributed by atoms with Crippen molar-refractivity contribution in [1.29, 1.82) is 0 Å². The Morgan fingerprint density at radius 2 is 1.63 bits per heavy atom. The van der Waals surface area contributed by atoms with Crippen molar-refractivity contribution < 1.29 is 9.53 Å². The van der Waals surface area contributed by atoms with Crippen LogP contribution in [0.3, 0.4) is 0 Å². The van der Waals surface area contributed by atoms with Crippen molar-refractivity contribution in [1.82, 2.24) is 19.8 Å². The van der Waals surface area contributed by atoms with Gasteiger partial charge >= 0.3 is 5.69 Å². The quantitative estimate of drug-likeness (QED) is 0.451. The zero-order chi connectivity index (χ0) is 24.2. The van der Waals surface area contributed by atoms with Crippen molar-refractivity contribution in [3.63, 3.8) is 0 Å². The summed E-state index contributed by atoms with van der Waals surface area (Å²) in [4.78, 5) is 43.4. The monoisotopic (exact) mass is 470 g/mol. The standard InChI is InChI=1S/C27H26N4O4/c32-25(28-17-19-6-8-20(9-7-19)18-30-12-14-35-15-13-30)21-10-11-23-24(16-21)29-27(34)31(26(23)33)22-4-2-1-3-5-22/h1-11,16H,12-15,17-18H2,(H,28,32)(H,29,34). The van der Waals surface area contributed by atoms with Gasteiger partial charge in [-0.15, -0.1) is 0 Å². The molecule has 2 heterocycles. The minimum atomic E-state index is -0.552. The summed E-state index contributed by atoms with van der Waals surface area (Å²) in [5.74, 6) is -0.280. The predicted octanol–water partition coefficient (Wildman–Crippen LogP) is 2.44. The SMILES string of the molecule is O=C(NCc1ccc(CN2CCOCC2)cc1)c1ccc2c(=O)n(-c3ccccc3)c(=O)[nH]c2c1. The van der Waals surface area contributed by atoms with E-state index in [0.29, 0.717) is 28.7 Å². The normalized spacial score (nSPS) is 14.2. The number of para-hydroxylation sites is 1. The van der Waals surface area contributed by atoms with E-state index >= 15 is 0 Å². The molecule has 5 rings (SSSR count). The molecule has 0 atom stereocenters. The van der Waals surface area contributed by atoms with Gasteiger partial charge in [0.25, 0.3) is 11.5 Å². The second-order valence-corrected chi connectivity index (χ2v) is 8.55. The van der Waals surface area contributed by atoms with Crippen molar-refractivity contribution in [2.45, 2.75) is 13.1 Å². The van der Waals surface area contributed by atoms with Crippen LogP contribution in [0.15, 0.2) is 82.4 Å². The maximum absolute atomic E-state index is 12.9. The van der Waals surface area contributed by atoms with Crippen LogP contribution in [0.4, 0.5) is 0 Å². The van der Waals surface area contributed by atoms with Crippen LogP contribution in [0.1, 0.15) is 21.5 Å². The van der Waals surface area contributed by atoms with Gasteiger partial charge in [-0.3, -0.25) is 14.5 Å². The molecule has 3 aromatic carbocycles. The molecule has 1 amide bonds. The van der Waals surface area contributed by atoms with Gasteiger partial charge in [0, 0.05) is 31.7 Å². The fourth-order valence-electron chi connectivity index (χ4n) is 4.24. The molecular weight excluding hydrogens is 444 g/mol. The van der Waals surface area contributed by atoms with Crippen molar-refractivity contribution in [3.05, 3.63) is 110 Å². The zero-order valence-electron chi connectivity index (χ0n) is 19.2. The third kappa shape index (κ3) is 5.08. The molecule has 8 nitrogen and oxygen atoms in total. The zero-order valence-corrected chi connectivity index (χ0v) is 19.2. The third-order valence-electron chi connectivity index (χ3n) is 6.16. The number of morpholine rings is 1. The van der Waals surface area contributed by atoms with E-state index in [1.807, 2.05) is 18.2 Å². The summed E-state index contributed by atoms with van der Waals surface area (Å²) in [6, 6.07) is 21.6. The van der Waals surface area contributed by atoms with E-state index in [-0.39, 0.29) is 5.91 Å². The van der Waals surface area contributed by atoms with E-state index in [0.717, 1.165) is 43.0 Å². The van der Waals surface area contributed by atoms with Crippen LogP contribution in [0.5, 0.6) is 0 Å². The number of carbonyl (C=O) groups is 1. The second-order valence-electron chi connectivity index (χ2n) is 8.55. The number of hydrogen-bond donors (Lipinski definition) is 2. The smallest absolute Gasteiger partial charge is 0.333 e. The molecule has 8 heteroatoms. The largest absolute Gasteiger partial charge is 0.379 e. The van der Waals surface area contributed by atoms with Crippen molar-refractivity contribution >= 4 is 16.8 Å². The summed E-state index contributed by atoms with van der Waals surface area (Å²) < 4.78 is 6.48. The lowest BCUT2D eigenvalue weighted by molar-refractivity contribution is 0.0342. The van der Waals surface area contributed by atoms with E-state index in [2.05, 4.69) is 27.3 Å². The van der Waals surface area contributed by atoms with Crippen LogP contribution in [-0.2, 0) is 17.8 Å². The molecule has 0 aliphatic carbocycles. The molecule has 1 saturated heterocycles. The summed E-state index contributed by atoms with van der Waals surface area (Å²) in [6.45, 7) is 4.69. The number of ether oxygens (including phenoxy) is 1. The number of H-pyrrole nitrogens is 1. The van der Waals surface area contributed by atoms with Crippen LogP contribution < -0.4 is 16.6 Å². The van der Waals surface area contributed by atoms with Gasteiger partial charge in [0.15, 0.2) is 0 Å². The number of nitrogens with zero attached hydrogens (tertiary/aromatic N) is 2. The summed E-state index contributed by atoms with van der Waals surface area (Å²) in [7, 11) is 0. The predicted molar refractivity (Wildman–Crippen MR) is 134 cm³/mol. The molecule has 178 valence electrons. The van der Waals surface area contributed by atoms with Gasteiger partial charge in [-0.1, -0.05) is 42.5 Å². The Labute approximate surface area is 201 Å². The van der Waals surface area contributed by atoms with E-state index < -0.39 is 11.2 Å². The van der Waals surface area contributed by atoms with Crippen LogP contribution in [0.2, 0.25) is 0 Å². The Balaban J connectivity index is 1.27. The highest BCUT2D eigenvalue weighted by Gasteiger charge is 2.13. The molecule has 1 aromatic heterocycles. The van der Waals surface area contributed by atoms with Crippen LogP contribution in [-0.4, -0.2) is 46.7 Å². The number of aromatic nitrogens is 2. The molecule has 35 heavy (non-hydrogen) atoms. The molecule has 2 N–H and O–H groups in total. The molecule has 1 aliphatic heterocycles. The highest BCUT2D eigenvalue weighted by molar-refractivity contribution is 5.97. The average molecular weight is 471 g/mol. The Bertz CT molecular complexity index is 1450. The van der Waals surface area contributed by atoms with Crippen molar-refractivity contribution in [3.8, 4) is 5.69 Å². The van der Waals surface area contributed by atoms with E-state index in [1.54, 1.807) is 36.4 Å². The number of aromatic amines is 1. The topological polar surface area (TPSA) is 96.4 Å². The molecule has 1 fully saturated rings. The lowest BCUT2D eigenvalue weighted by Crippen LogP contribution is -2.35. The second kappa shape index (κ2) is 10.1. The van der Waals surface area contributed by atoms with Gasteiger partial charge in [-0.25, -0.2) is 9.36 Å². The first-order valence-corrected chi connectivity index (χ1v) is 11.6. The molecular formula is C27H26N4O4. The minimum absolute atomic E-state index is 0.280. The maximum atomic E-state index is 12.9.